The molecule has 1 aliphatic heterocycles. The van der Waals surface area contributed by atoms with E-state index < -0.39 is 18.5 Å². The Morgan fingerprint density at radius 3 is 2.63 bits per heavy atom. The molecule has 1 aliphatic rings. The molecule has 1 heterocycles. The SMILES string of the molecule is O=C(COC(=O)/C=C/c1ccc2c(c1)OCCO2)Nc1ccc(Cl)cc1Cl. The van der Waals surface area contributed by atoms with E-state index in [0.29, 0.717) is 40.4 Å². The van der Waals surface area contributed by atoms with Crippen molar-refractivity contribution < 1.29 is 23.8 Å². The maximum atomic E-state index is 11.9. The number of carbonyl (C=O) groups is 2. The Morgan fingerprint density at radius 2 is 1.85 bits per heavy atom. The summed E-state index contributed by atoms with van der Waals surface area (Å²) in [6.45, 7) is 0.552. The molecule has 0 radical (unpaired) electrons. The van der Waals surface area contributed by atoms with Crippen LogP contribution in [0.5, 0.6) is 11.5 Å². The molecule has 1 amide bonds. The highest BCUT2D eigenvalue weighted by Crippen LogP contribution is 2.31. The molecule has 2 aromatic rings. The van der Waals surface area contributed by atoms with E-state index in [-0.39, 0.29) is 0 Å². The van der Waals surface area contributed by atoms with Crippen molar-refractivity contribution in [3.05, 3.63) is 58.1 Å². The lowest BCUT2D eigenvalue weighted by Gasteiger charge is -2.18. The van der Waals surface area contributed by atoms with Gasteiger partial charge in [0.15, 0.2) is 18.1 Å². The average Bonchev–Trinajstić information content (AvgIpc) is 2.67. The Kier molecular flexibility index (Phi) is 6.21. The fraction of sp³-hybridized carbons (Fsp3) is 0.158. The van der Waals surface area contributed by atoms with E-state index in [0.717, 1.165) is 5.56 Å². The normalized spacial score (nSPS) is 12.7. The molecular weight excluding hydrogens is 393 g/mol. The van der Waals surface area contributed by atoms with E-state index in [1.807, 2.05) is 0 Å². The third kappa shape index (κ3) is 5.39. The fourth-order valence-corrected chi connectivity index (χ4v) is 2.75. The summed E-state index contributed by atoms with van der Waals surface area (Å²) in [7, 11) is 0. The van der Waals surface area contributed by atoms with Crippen molar-refractivity contribution in [2.45, 2.75) is 0 Å². The van der Waals surface area contributed by atoms with Crippen LogP contribution in [0.25, 0.3) is 6.08 Å². The summed E-state index contributed by atoms with van der Waals surface area (Å²) in [6.07, 6.45) is 2.79. The van der Waals surface area contributed by atoms with Crippen molar-refractivity contribution in [1.82, 2.24) is 0 Å². The van der Waals surface area contributed by atoms with Gasteiger partial charge in [0, 0.05) is 11.1 Å². The minimum atomic E-state index is -0.651. The first-order valence-electron chi connectivity index (χ1n) is 8.00. The molecule has 0 saturated heterocycles. The first-order chi connectivity index (χ1) is 13.0. The molecule has 0 aliphatic carbocycles. The molecule has 8 heteroatoms. The lowest BCUT2D eigenvalue weighted by Crippen LogP contribution is -2.20. The van der Waals surface area contributed by atoms with Gasteiger partial charge in [-0.3, -0.25) is 4.79 Å². The number of amides is 1. The second-order valence-corrected chi connectivity index (χ2v) is 6.36. The quantitative estimate of drug-likeness (QED) is 0.599. The molecule has 0 spiro atoms. The Balaban J connectivity index is 1.50. The number of carbonyl (C=O) groups excluding carboxylic acids is 2. The van der Waals surface area contributed by atoms with E-state index in [9.17, 15) is 9.59 Å². The van der Waals surface area contributed by atoms with Crippen LogP contribution in [0.1, 0.15) is 5.56 Å². The summed E-state index contributed by atoms with van der Waals surface area (Å²) in [5, 5.41) is 3.28. The maximum Gasteiger partial charge on any atom is 0.331 e. The molecule has 0 aromatic heterocycles. The molecule has 0 unspecified atom stereocenters. The molecule has 1 N–H and O–H groups in total. The minimum absolute atomic E-state index is 0.292. The third-order valence-corrected chi connectivity index (χ3v) is 4.08. The molecule has 0 fully saturated rings. The van der Waals surface area contributed by atoms with E-state index in [2.05, 4.69) is 5.32 Å². The number of benzene rings is 2. The van der Waals surface area contributed by atoms with E-state index in [1.54, 1.807) is 36.4 Å². The van der Waals surface area contributed by atoms with Gasteiger partial charge < -0.3 is 19.5 Å². The highest BCUT2D eigenvalue weighted by molar-refractivity contribution is 6.36. The molecule has 3 rings (SSSR count). The van der Waals surface area contributed by atoms with Gasteiger partial charge in [0.1, 0.15) is 13.2 Å². The van der Waals surface area contributed by atoms with Crippen LogP contribution in [-0.2, 0) is 14.3 Å². The van der Waals surface area contributed by atoms with E-state index in [4.69, 9.17) is 37.4 Å². The van der Waals surface area contributed by atoms with Crippen molar-refractivity contribution in [2.75, 3.05) is 25.1 Å². The zero-order chi connectivity index (χ0) is 19.2. The van der Waals surface area contributed by atoms with Crippen molar-refractivity contribution in [1.29, 1.82) is 0 Å². The number of ether oxygens (including phenoxy) is 3. The zero-order valence-electron chi connectivity index (χ0n) is 14.0. The molecule has 27 heavy (non-hydrogen) atoms. The van der Waals surface area contributed by atoms with Crippen molar-refractivity contribution in [2.24, 2.45) is 0 Å². The summed E-state index contributed by atoms with van der Waals surface area (Å²) >= 11 is 11.8. The second-order valence-electron chi connectivity index (χ2n) is 5.52. The van der Waals surface area contributed by atoms with Gasteiger partial charge in [-0.2, -0.15) is 0 Å². The molecular formula is C19H15Cl2NO5. The number of hydrogen-bond donors (Lipinski definition) is 1. The van der Waals surface area contributed by atoms with Gasteiger partial charge in [-0.15, -0.1) is 0 Å². The lowest BCUT2D eigenvalue weighted by molar-refractivity contribution is -0.142. The van der Waals surface area contributed by atoms with Crippen molar-refractivity contribution in [3.8, 4) is 11.5 Å². The van der Waals surface area contributed by atoms with Crippen LogP contribution in [0.4, 0.5) is 5.69 Å². The highest BCUT2D eigenvalue weighted by Gasteiger charge is 2.11. The lowest BCUT2D eigenvalue weighted by atomic mass is 10.2. The number of fused-ring (bicyclic) bond motifs is 1. The monoisotopic (exact) mass is 407 g/mol. The van der Waals surface area contributed by atoms with Gasteiger partial charge in [0.25, 0.3) is 5.91 Å². The fourth-order valence-electron chi connectivity index (χ4n) is 2.29. The molecule has 0 atom stereocenters. The summed E-state index contributed by atoms with van der Waals surface area (Å²) in [5.41, 5.74) is 1.13. The summed E-state index contributed by atoms with van der Waals surface area (Å²) < 4.78 is 15.8. The van der Waals surface area contributed by atoms with Crippen molar-refractivity contribution >= 4 is 46.8 Å². The zero-order valence-corrected chi connectivity index (χ0v) is 15.5. The Bertz CT molecular complexity index is 898. The van der Waals surface area contributed by atoms with Crippen LogP contribution in [0.2, 0.25) is 10.0 Å². The van der Waals surface area contributed by atoms with Gasteiger partial charge in [0.05, 0.1) is 10.7 Å². The van der Waals surface area contributed by atoms with Gasteiger partial charge >= 0.3 is 5.97 Å². The largest absolute Gasteiger partial charge is 0.486 e. The number of nitrogens with one attached hydrogen (secondary N) is 1. The summed E-state index contributed by atoms with van der Waals surface area (Å²) in [5.74, 6) is 0.122. The van der Waals surface area contributed by atoms with Crippen LogP contribution in [0.3, 0.4) is 0 Å². The molecule has 2 aromatic carbocycles. The molecule has 0 saturated carbocycles. The maximum absolute atomic E-state index is 11.9. The number of rotatable bonds is 5. The summed E-state index contributed by atoms with van der Waals surface area (Å²) in [6, 6.07) is 9.96. The van der Waals surface area contributed by atoms with Gasteiger partial charge in [-0.25, -0.2) is 4.79 Å². The number of anilines is 1. The van der Waals surface area contributed by atoms with Crippen LogP contribution < -0.4 is 14.8 Å². The van der Waals surface area contributed by atoms with E-state index >= 15 is 0 Å². The minimum Gasteiger partial charge on any atom is -0.486 e. The van der Waals surface area contributed by atoms with Gasteiger partial charge in [-0.1, -0.05) is 29.3 Å². The topological polar surface area (TPSA) is 73.9 Å². The molecule has 0 bridgehead atoms. The van der Waals surface area contributed by atoms with E-state index in [1.165, 1.54) is 12.1 Å². The number of halogens is 2. The number of esters is 1. The predicted molar refractivity (Wildman–Crippen MR) is 103 cm³/mol. The van der Waals surface area contributed by atoms with Crippen LogP contribution in [0, 0.1) is 0 Å². The number of hydrogen-bond acceptors (Lipinski definition) is 5. The average molecular weight is 408 g/mol. The third-order valence-electron chi connectivity index (χ3n) is 3.53. The first-order valence-corrected chi connectivity index (χ1v) is 8.76. The summed E-state index contributed by atoms with van der Waals surface area (Å²) in [4.78, 5) is 23.6. The van der Waals surface area contributed by atoms with Crippen LogP contribution in [0.15, 0.2) is 42.5 Å². The Morgan fingerprint density at radius 1 is 1.07 bits per heavy atom. The second kappa shape index (κ2) is 8.79. The standard InChI is InChI=1S/C19H15Cl2NO5/c20-13-3-4-15(14(21)10-13)22-18(23)11-27-19(24)6-2-12-1-5-16-17(9-12)26-8-7-25-16/h1-6,9-10H,7-8,11H2,(H,22,23)/b6-2+. The first kappa shape index (κ1) is 19.1. The predicted octanol–water partition coefficient (Wildman–Crippen LogP) is 3.96. The van der Waals surface area contributed by atoms with Crippen LogP contribution in [-0.4, -0.2) is 31.7 Å². The van der Waals surface area contributed by atoms with Crippen molar-refractivity contribution in [3.63, 3.8) is 0 Å². The smallest absolute Gasteiger partial charge is 0.331 e. The van der Waals surface area contributed by atoms with Gasteiger partial charge in [-0.05, 0) is 42.0 Å². The molecule has 6 nitrogen and oxygen atoms in total. The van der Waals surface area contributed by atoms with Gasteiger partial charge in [0.2, 0.25) is 0 Å². The Labute approximate surface area is 165 Å². The molecule has 140 valence electrons. The van der Waals surface area contributed by atoms with Crippen LogP contribution >= 0.6 is 23.2 Å². The Hall–Kier alpha value is -2.70. The highest BCUT2D eigenvalue weighted by atomic mass is 35.5.